The van der Waals surface area contributed by atoms with Gasteiger partial charge in [0.05, 0.1) is 5.56 Å². The van der Waals surface area contributed by atoms with Crippen LogP contribution < -0.4 is 5.32 Å². The molecule has 0 atom stereocenters. The lowest BCUT2D eigenvalue weighted by atomic mass is 10.1. The molecule has 1 aromatic heterocycles. The van der Waals surface area contributed by atoms with Gasteiger partial charge in [0.2, 0.25) is 5.91 Å². The minimum Gasteiger partial charge on any atom is -0.466 e. The molecule has 0 saturated carbocycles. The molecule has 2 amide bonds. The first-order chi connectivity index (χ1) is 12.9. The Balaban J connectivity index is 1.87. The Morgan fingerprint density at radius 1 is 1.15 bits per heavy atom. The summed E-state index contributed by atoms with van der Waals surface area (Å²) in [6.07, 6.45) is 1.10. The molecule has 0 unspecified atom stereocenters. The van der Waals surface area contributed by atoms with Gasteiger partial charge in [-0.2, -0.15) is 0 Å². The van der Waals surface area contributed by atoms with Crippen molar-refractivity contribution in [3.05, 3.63) is 59.0 Å². The summed E-state index contributed by atoms with van der Waals surface area (Å²) in [5, 5.41) is 2.94. The van der Waals surface area contributed by atoms with Gasteiger partial charge < -0.3 is 14.6 Å². The van der Waals surface area contributed by atoms with Gasteiger partial charge in [-0.15, -0.1) is 0 Å². The molecule has 1 aromatic carbocycles. The van der Waals surface area contributed by atoms with Gasteiger partial charge in [-0.3, -0.25) is 9.59 Å². The lowest BCUT2D eigenvalue weighted by Crippen LogP contribution is -2.38. The number of rotatable bonds is 9. The number of nitrogens with one attached hydrogen (secondary N) is 1. The van der Waals surface area contributed by atoms with Crippen LogP contribution in [-0.2, 0) is 11.2 Å². The van der Waals surface area contributed by atoms with Crippen LogP contribution in [0.1, 0.15) is 47.7 Å². The average Bonchev–Trinajstić information content (AvgIpc) is 2.97. The highest BCUT2D eigenvalue weighted by Crippen LogP contribution is 2.17. The fraction of sp³-hybridized carbons (Fsp3) is 0.455. The van der Waals surface area contributed by atoms with Crippen LogP contribution in [0.2, 0.25) is 0 Å². The number of furan rings is 1. The van der Waals surface area contributed by atoms with E-state index in [2.05, 4.69) is 19.2 Å². The molecule has 5 heteroatoms. The third-order valence-corrected chi connectivity index (χ3v) is 4.33. The Morgan fingerprint density at radius 2 is 1.85 bits per heavy atom. The molecule has 0 saturated heterocycles. The third kappa shape index (κ3) is 6.59. The summed E-state index contributed by atoms with van der Waals surface area (Å²) in [7, 11) is 0. The van der Waals surface area contributed by atoms with Gasteiger partial charge in [-0.05, 0) is 37.8 Å². The van der Waals surface area contributed by atoms with Crippen LogP contribution in [0.4, 0.5) is 0 Å². The molecule has 27 heavy (non-hydrogen) atoms. The molecule has 2 rings (SSSR count). The standard InChI is InChI=1S/C22H30N2O3/c1-16(2)15-24(22(26)20-14-17(3)27-18(20)4)13-11-21(25)23-12-10-19-8-6-5-7-9-19/h5-9,14,16H,10-13,15H2,1-4H3,(H,23,25). The van der Waals surface area contributed by atoms with Gasteiger partial charge >= 0.3 is 0 Å². The minimum atomic E-state index is -0.0739. The fourth-order valence-corrected chi connectivity index (χ4v) is 3.05. The highest BCUT2D eigenvalue weighted by atomic mass is 16.3. The normalized spacial score (nSPS) is 10.9. The van der Waals surface area contributed by atoms with Crippen LogP contribution in [-0.4, -0.2) is 36.3 Å². The van der Waals surface area contributed by atoms with Crippen LogP contribution >= 0.6 is 0 Å². The lowest BCUT2D eigenvalue weighted by Gasteiger charge is -2.24. The smallest absolute Gasteiger partial charge is 0.257 e. The van der Waals surface area contributed by atoms with Crippen LogP contribution in [0.15, 0.2) is 40.8 Å². The number of nitrogens with zero attached hydrogens (tertiary/aromatic N) is 1. The van der Waals surface area contributed by atoms with E-state index >= 15 is 0 Å². The Morgan fingerprint density at radius 3 is 2.44 bits per heavy atom. The molecule has 5 nitrogen and oxygen atoms in total. The minimum absolute atomic E-state index is 0.0346. The zero-order chi connectivity index (χ0) is 19.8. The second-order valence-corrected chi connectivity index (χ2v) is 7.31. The third-order valence-electron chi connectivity index (χ3n) is 4.33. The highest BCUT2D eigenvalue weighted by Gasteiger charge is 2.21. The largest absolute Gasteiger partial charge is 0.466 e. The zero-order valence-corrected chi connectivity index (χ0v) is 16.7. The summed E-state index contributed by atoms with van der Waals surface area (Å²) in [5.41, 5.74) is 1.78. The Kier molecular flexibility index (Phi) is 7.65. The molecule has 0 fully saturated rings. The summed E-state index contributed by atoms with van der Waals surface area (Å²) in [4.78, 5) is 26.8. The molecule has 146 valence electrons. The van der Waals surface area contributed by atoms with Crippen LogP contribution in [0.25, 0.3) is 0 Å². The summed E-state index contributed by atoms with van der Waals surface area (Å²) in [6.45, 7) is 9.36. The van der Waals surface area contributed by atoms with Crippen LogP contribution in [0.3, 0.4) is 0 Å². The second kappa shape index (κ2) is 9.95. The summed E-state index contributed by atoms with van der Waals surface area (Å²) in [5.74, 6) is 1.56. The molecule has 0 aliphatic carbocycles. The zero-order valence-electron chi connectivity index (χ0n) is 16.7. The average molecular weight is 370 g/mol. The van der Waals surface area contributed by atoms with Gasteiger partial charge in [0.1, 0.15) is 11.5 Å². The van der Waals surface area contributed by atoms with E-state index < -0.39 is 0 Å². The van der Waals surface area contributed by atoms with E-state index in [1.165, 1.54) is 5.56 Å². The lowest BCUT2D eigenvalue weighted by molar-refractivity contribution is -0.121. The maximum absolute atomic E-state index is 12.9. The van der Waals surface area contributed by atoms with Gasteiger partial charge in [0, 0.05) is 26.1 Å². The van der Waals surface area contributed by atoms with E-state index in [1.807, 2.05) is 37.3 Å². The van der Waals surface area contributed by atoms with Crippen molar-refractivity contribution in [1.82, 2.24) is 10.2 Å². The SMILES string of the molecule is Cc1cc(C(=O)N(CCC(=O)NCCc2ccccc2)CC(C)C)c(C)o1. The monoisotopic (exact) mass is 370 g/mol. The maximum atomic E-state index is 12.9. The molecular formula is C22H30N2O3. The molecule has 0 radical (unpaired) electrons. The van der Waals surface area contributed by atoms with E-state index in [0.29, 0.717) is 43.3 Å². The second-order valence-electron chi connectivity index (χ2n) is 7.31. The number of carbonyl (C=O) groups excluding carboxylic acids is 2. The quantitative estimate of drug-likeness (QED) is 0.731. The predicted molar refractivity (Wildman–Crippen MR) is 107 cm³/mol. The Bertz CT molecular complexity index is 750. The van der Waals surface area contributed by atoms with E-state index in [4.69, 9.17) is 4.42 Å². The first-order valence-electron chi connectivity index (χ1n) is 9.53. The number of aryl methyl sites for hydroxylation is 2. The number of benzene rings is 1. The van der Waals surface area contributed by atoms with E-state index in [1.54, 1.807) is 17.9 Å². The van der Waals surface area contributed by atoms with Crippen LogP contribution in [0, 0.1) is 19.8 Å². The molecule has 1 heterocycles. The number of carbonyl (C=O) groups is 2. The van der Waals surface area contributed by atoms with Crippen molar-refractivity contribution in [2.75, 3.05) is 19.6 Å². The van der Waals surface area contributed by atoms with Crippen LogP contribution in [0.5, 0.6) is 0 Å². The van der Waals surface area contributed by atoms with Crippen molar-refractivity contribution in [1.29, 1.82) is 0 Å². The van der Waals surface area contributed by atoms with Crippen molar-refractivity contribution < 1.29 is 14.0 Å². The van der Waals surface area contributed by atoms with Gasteiger partial charge in [-0.25, -0.2) is 0 Å². The summed E-state index contributed by atoms with van der Waals surface area (Å²) >= 11 is 0. The first-order valence-corrected chi connectivity index (χ1v) is 9.53. The van der Waals surface area contributed by atoms with E-state index in [9.17, 15) is 9.59 Å². The molecule has 0 spiro atoms. The molecule has 0 aliphatic rings. The van der Waals surface area contributed by atoms with Crippen molar-refractivity contribution in [3.8, 4) is 0 Å². The van der Waals surface area contributed by atoms with Gasteiger partial charge in [0.25, 0.3) is 5.91 Å². The van der Waals surface area contributed by atoms with Crippen molar-refractivity contribution in [2.24, 2.45) is 5.92 Å². The molecule has 0 aliphatic heterocycles. The Hall–Kier alpha value is -2.56. The molecule has 2 aromatic rings. The van der Waals surface area contributed by atoms with Crippen molar-refractivity contribution >= 4 is 11.8 Å². The van der Waals surface area contributed by atoms with Gasteiger partial charge in [-0.1, -0.05) is 44.2 Å². The van der Waals surface area contributed by atoms with Crippen molar-refractivity contribution in [2.45, 2.75) is 40.5 Å². The number of hydrogen-bond donors (Lipinski definition) is 1. The molecular weight excluding hydrogens is 340 g/mol. The van der Waals surface area contributed by atoms with Crippen molar-refractivity contribution in [3.63, 3.8) is 0 Å². The maximum Gasteiger partial charge on any atom is 0.257 e. The number of amides is 2. The molecule has 1 N–H and O–H groups in total. The predicted octanol–water partition coefficient (Wildman–Crippen LogP) is 3.74. The fourth-order valence-electron chi connectivity index (χ4n) is 3.05. The van der Waals surface area contributed by atoms with Gasteiger partial charge in [0.15, 0.2) is 0 Å². The molecule has 0 bridgehead atoms. The van der Waals surface area contributed by atoms with E-state index in [0.717, 1.165) is 12.2 Å². The van der Waals surface area contributed by atoms with E-state index in [-0.39, 0.29) is 11.8 Å². The summed E-state index contributed by atoms with van der Waals surface area (Å²) < 4.78 is 5.48. The number of hydrogen-bond acceptors (Lipinski definition) is 3. The first kappa shape index (κ1) is 20.7. The Labute approximate surface area is 161 Å². The summed E-state index contributed by atoms with van der Waals surface area (Å²) in [6, 6.07) is 11.8. The highest BCUT2D eigenvalue weighted by molar-refractivity contribution is 5.95. The topological polar surface area (TPSA) is 62.6 Å².